The molecule has 0 fully saturated rings. The molecule has 2 heterocycles. The van der Waals surface area contributed by atoms with Crippen molar-refractivity contribution in [3.05, 3.63) is 44.6 Å². The Labute approximate surface area is 120 Å². The number of nitrogens with one attached hydrogen (secondary N) is 1. The first-order valence-corrected chi connectivity index (χ1v) is 7.42. The zero-order valence-corrected chi connectivity index (χ0v) is 12.7. The van der Waals surface area contributed by atoms with Crippen LogP contribution in [0.5, 0.6) is 0 Å². The second-order valence-corrected chi connectivity index (χ2v) is 6.41. The normalized spacial score (nSPS) is 13.0. The number of imidazole rings is 1. The van der Waals surface area contributed by atoms with Crippen LogP contribution < -0.4 is 0 Å². The molecule has 3 aromatic rings. The van der Waals surface area contributed by atoms with Crippen LogP contribution in [0.4, 0.5) is 0 Å². The topological polar surface area (TPSA) is 33.6 Å². The maximum atomic E-state index is 5.48. The standard InChI is InChI=1S/C14H15N3S2/c1-8-5-4-6-11-12(8)17(14(18)16-11)10(3)13-15-7-9(2)19-13/h4-7,10H,1-3H3,(H,16,18). The molecule has 0 aliphatic heterocycles. The molecule has 2 aromatic heterocycles. The van der Waals surface area contributed by atoms with E-state index in [0.29, 0.717) is 0 Å². The van der Waals surface area contributed by atoms with Crippen molar-refractivity contribution >= 4 is 34.6 Å². The minimum absolute atomic E-state index is 0.154. The summed E-state index contributed by atoms with van der Waals surface area (Å²) in [7, 11) is 0. The lowest BCUT2D eigenvalue weighted by Crippen LogP contribution is -2.07. The Morgan fingerprint density at radius 2 is 2.16 bits per heavy atom. The number of fused-ring (bicyclic) bond motifs is 1. The minimum Gasteiger partial charge on any atom is -0.331 e. The number of thiazole rings is 1. The molecule has 19 heavy (non-hydrogen) atoms. The van der Waals surface area contributed by atoms with Gasteiger partial charge in [0.2, 0.25) is 0 Å². The Balaban J connectivity index is 2.25. The number of aromatic nitrogens is 3. The summed E-state index contributed by atoms with van der Waals surface area (Å²) >= 11 is 7.20. The third-order valence-electron chi connectivity index (χ3n) is 3.32. The molecule has 0 amide bonds. The summed E-state index contributed by atoms with van der Waals surface area (Å²) in [6, 6.07) is 6.38. The van der Waals surface area contributed by atoms with Crippen LogP contribution in [0.15, 0.2) is 24.4 Å². The molecule has 98 valence electrons. The SMILES string of the molecule is Cc1cnc(C(C)n2c(=S)[nH]c3cccc(C)c32)s1. The fourth-order valence-electron chi connectivity index (χ4n) is 2.40. The summed E-state index contributed by atoms with van der Waals surface area (Å²) in [6.07, 6.45) is 1.92. The molecule has 5 heteroatoms. The zero-order chi connectivity index (χ0) is 13.6. The van der Waals surface area contributed by atoms with Gasteiger partial charge in [0.05, 0.1) is 17.1 Å². The second-order valence-electron chi connectivity index (χ2n) is 4.76. The van der Waals surface area contributed by atoms with Crippen molar-refractivity contribution in [1.29, 1.82) is 0 Å². The molecule has 0 aliphatic carbocycles. The summed E-state index contributed by atoms with van der Waals surface area (Å²) in [5, 5.41) is 1.10. The molecule has 0 bridgehead atoms. The van der Waals surface area contributed by atoms with E-state index in [1.165, 1.54) is 16.0 Å². The molecular weight excluding hydrogens is 274 g/mol. The first-order valence-electron chi connectivity index (χ1n) is 6.20. The number of H-pyrrole nitrogens is 1. The van der Waals surface area contributed by atoms with E-state index in [0.717, 1.165) is 15.3 Å². The highest BCUT2D eigenvalue weighted by Gasteiger charge is 2.16. The predicted molar refractivity (Wildman–Crippen MR) is 82.5 cm³/mol. The monoisotopic (exact) mass is 289 g/mol. The number of benzene rings is 1. The molecule has 3 nitrogen and oxygen atoms in total. The quantitative estimate of drug-likeness (QED) is 0.710. The molecule has 0 spiro atoms. The first kappa shape index (κ1) is 12.6. The van der Waals surface area contributed by atoms with Crippen LogP contribution in [0.1, 0.15) is 28.4 Å². The molecule has 1 atom stereocenters. The number of aromatic amines is 1. The lowest BCUT2D eigenvalue weighted by atomic mass is 10.2. The number of aryl methyl sites for hydroxylation is 2. The van der Waals surface area contributed by atoms with Crippen LogP contribution in [0.2, 0.25) is 0 Å². The number of rotatable bonds is 2. The van der Waals surface area contributed by atoms with Crippen LogP contribution in [0.3, 0.4) is 0 Å². The van der Waals surface area contributed by atoms with Gasteiger partial charge >= 0.3 is 0 Å². The van der Waals surface area contributed by atoms with Gasteiger partial charge in [-0.1, -0.05) is 12.1 Å². The summed E-state index contributed by atoms with van der Waals surface area (Å²) in [4.78, 5) is 8.99. The Bertz CT molecular complexity index is 794. The lowest BCUT2D eigenvalue weighted by Gasteiger charge is -2.13. The molecule has 0 aliphatic rings. The summed E-state index contributed by atoms with van der Waals surface area (Å²) in [5.41, 5.74) is 3.49. The summed E-state index contributed by atoms with van der Waals surface area (Å²) in [5.74, 6) is 0. The van der Waals surface area contributed by atoms with Crippen LogP contribution in [-0.4, -0.2) is 14.5 Å². The third-order valence-corrected chi connectivity index (χ3v) is 4.70. The maximum Gasteiger partial charge on any atom is 0.178 e. The number of hydrogen-bond donors (Lipinski definition) is 1. The highest BCUT2D eigenvalue weighted by atomic mass is 32.1. The summed E-state index contributed by atoms with van der Waals surface area (Å²) in [6.45, 7) is 6.34. The molecule has 0 saturated carbocycles. The lowest BCUT2D eigenvalue weighted by molar-refractivity contribution is 0.643. The van der Waals surface area contributed by atoms with Crippen molar-refractivity contribution in [3.63, 3.8) is 0 Å². The Kier molecular flexibility index (Phi) is 3.03. The number of para-hydroxylation sites is 1. The van der Waals surface area contributed by atoms with Gasteiger partial charge < -0.3 is 9.55 Å². The van der Waals surface area contributed by atoms with Crippen molar-refractivity contribution in [2.75, 3.05) is 0 Å². The van der Waals surface area contributed by atoms with Crippen LogP contribution >= 0.6 is 23.6 Å². The van der Waals surface area contributed by atoms with Crippen LogP contribution in [0, 0.1) is 18.6 Å². The summed E-state index contributed by atoms with van der Waals surface area (Å²) < 4.78 is 2.92. The van der Waals surface area contributed by atoms with Gasteiger partial charge in [0.25, 0.3) is 0 Å². The molecule has 1 unspecified atom stereocenters. The van der Waals surface area contributed by atoms with Crippen LogP contribution in [-0.2, 0) is 0 Å². The smallest absolute Gasteiger partial charge is 0.178 e. The van der Waals surface area contributed by atoms with E-state index in [9.17, 15) is 0 Å². The molecule has 0 radical (unpaired) electrons. The molecular formula is C14H15N3S2. The van der Waals surface area contributed by atoms with Crippen molar-refractivity contribution in [2.45, 2.75) is 26.8 Å². The van der Waals surface area contributed by atoms with E-state index in [-0.39, 0.29) is 6.04 Å². The molecule has 1 aromatic carbocycles. The van der Waals surface area contributed by atoms with Gasteiger partial charge in [-0.05, 0) is 44.6 Å². The van der Waals surface area contributed by atoms with Crippen molar-refractivity contribution in [2.24, 2.45) is 0 Å². The Hall–Kier alpha value is -1.46. The van der Waals surface area contributed by atoms with Gasteiger partial charge in [-0.2, -0.15) is 0 Å². The van der Waals surface area contributed by atoms with E-state index in [2.05, 4.69) is 47.4 Å². The van der Waals surface area contributed by atoms with E-state index >= 15 is 0 Å². The zero-order valence-electron chi connectivity index (χ0n) is 11.1. The van der Waals surface area contributed by atoms with Gasteiger partial charge in [0.1, 0.15) is 5.01 Å². The predicted octanol–water partition coefficient (Wildman–Crippen LogP) is 4.38. The van der Waals surface area contributed by atoms with Crippen molar-refractivity contribution < 1.29 is 0 Å². The second kappa shape index (κ2) is 4.58. The van der Waals surface area contributed by atoms with Crippen molar-refractivity contribution in [1.82, 2.24) is 14.5 Å². The van der Waals surface area contributed by atoms with Crippen LogP contribution in [0.25, 0.3) is 11.0 Å². The van der Waals surface area contributed by atoms with E-state index < -0.39 is 0 Å². The van der Waals surface area contributed by atoms with Crippen molar-refractivity contribution in [3.8, 4) is 0 Å². The highest BCUT2D eigenvalue weighted by molar-refractivity contribution is 7.71. The fraction of sp³-hybridized carbons (Fsp3) is 0.286. The van der Waals surface area contributed by atoms with Gasteiger partial charge in [-0.3, -0.25) is 0 Å². The molecule has 1 N–H and O–H groups in total. The minimum atomic E-state index is 0.154. The Morgan fingerprint density at radius 1 is 1.37 bits per heavy atom. The largest absolute Gasteiger partial charge is 0.331 e. The molecule has 3 rings (SSSR count). The number of hydrogen-bond acceptors (Lipinski definition) is 3. The average molecular weight is 289 g/mol. The van der Waals surface area contributed by atoms with Gasteiger partial charge in [0, 0.05) is 11.1 Å². The maximum absolute atomic E-state index is 5.48. The Morgan fingerprint density at radius 3 is 2.84 bits per heavy atom. The average Bonchev–Trinajstić information content (AvgIpc) is 2.92. The van der Waals surface area contributed by atoms with Gasteiger partial charge in [-0.15, -0.1) is 11.3 Å². The third kappa shape index (κ3) is 2.03. The highest BCUT2D eigenvalue weighted by Crippen LogP contribution is 2.28. The first-order chi connectivity index (χ1) is 9.08. The number of nitrogens with zero attached hydrogens (tertiary/aromatic N) is 2. The van der Waals surface area contributed by atoms with Gasteiger partial charge in [0.15, 0.2) is 4.77 Å². The van der Waals surface area contributed by atoms with Gasteiger partial charge in [-0.25, -0.2) is 4.98 Å². The fourth-order valence-corrected chi connectivity index (χ4v) is 3.58. The molecule has 0 saturated heterocycles. The van der Waals surface area contributed by atoms with E-state index in [1.54, 1.807) is 11.3 Å². The van der Waals surface area contributed by atoms with E-state index in [4.69, 9.17) is 12.2 Å². The van der Waals surface area contributed by atoms with E-state index in [1.807, 2.05) is 12.3 Å².